The van der Waals surface area contributed by atoms with E-state index in [1.54, 1.807) is 0 Å². The number of benzene rings is 2. The van der Waals surface area contributed by atoms with Crippen LogP contribution in [-0.4, -0.2) is 24.2 Å². The van der Waals surface area contributed by atoms with E-state index in [1.165, 1.54) is 11.1 Å². The number of nitrogens with one attached hydrogen (secondary N) is 1. The van der Waals surface area contributed by atoms with Crippen molar-refractivity contribution in [3.8, 4) is 5.75 Å². The lowest BCUT2D eigenvalue weighted by atomic mass is 9.82. The standard InChI is InChI=1S/C21H23NO3/c1-2-13-3-5-14(6-4-13)20-19(21(23)24)17(12-22-20)15-7-8-18-16(11-15)9-10-25-18/h3-8,11,17,19-20,22H,2,9-10,12H2,1H3,(H,23,24)/t17?,19-,20?/m1/s1. The minimum atomic E-state index is -0.740. The van der Waals surface area contributed by atoms with Gasteiger partial charge in [-0.1, -0.05) is 43.3 Å². The summed E-state index contributed by atoms with van der Waals surface area (Å²) in [7, 11) is 0. The van der Waals surface area contributed by atoms with Crippen LogP contribution in [0.2, 0.25) is 0 Å². The molecule has 4 nitrogen and oxygen atoms in total. The second-order valence-corrected chi connectivity index (χ2v) is 6.92. The number of ether oxygens (including phenoxy) is 1. The molecule has 2 unspecified atom stereocenters. The van der Waals surface area contributed by atoms with E-state index in [0.29, 0.717) is 6.54 Å². The number of hydrogen-bond donors (Lipinski definition) is 2. The Labute approximate surface area is 147 Å². The van der Waals surface area contributed by atoms with Gasteiger partial charge in [-0.2, -0.15) is 0 Å². The van der Waals surface area contributed by atoms with Crippen molar-refractivity contribution in [1.82, 2.24) is 5.32 Å². The van der Waals surface area contributed by atoms with Gasteiger partial charge in [0.05, 0.1) is 12.5 Å². The molecule has 2 N–H and O–H groups in total. The molecule has 2 aliphatic heterocycles. The number of carboxylic acids is 1. The maximum absolute atomic E-state index is 12.1. The van der Waals surface area contributed by atoms with Crippen molar-refractivity contribution in [2.45, 2.75) is 31.7 Å². The number of hydrogen-bond acceptors (Lipinski definition) is 3. The monoisotopic (exact) mass is 337 g/mol. The van der Waals surface area contributed by atoms with E-state index in [9.17, 15) is 9.90 Å². The van der Waals surface area contributed by atoms with Crippen molar-refractivity contribution in [2.75, 3.05) is 13.2 Å². The fourth-order valence-corrected chi connectivity index (χ4v) is 4.10. The molecular weight excluding hydrogens is 314 g/mol. The molecule has 0 amide bonds. The molecule has 0 saturated carbocycles. The molecule has 2 heterocycles. The first-order valence-corrected chi connectivity index (χ1v) is 8.98. The van der Waals surface area contributed by atoms with Crippen molar-refractivity contribution in [3.63, 3.8) is 0 Å². The highest BCUT2D eigenvalue weighted by molar-refractivity contribution is 5.73. The fourth-order valence-electron chi connectivity index (χ4n) is 4.10. The van der Waals surface area contributed by atoms with Gasteiger partial charge in [0.1, 0.15) is 5.75 Å². The van der Waals surface area contributed by atoms with Crippen molar-refractivity contribution >= 4 is 5.97 Å². The SMILES string of the molecule is CCc1ccc(C2NCC(c3ccc4c(c3)CCO4)[C@H]2C(=O)O)cc1. The summed E-state index contributed by atoms with van der Waals surface area (Å²) >= 11 is 0. The Kier molecular flexibility index (Phi) is 4.22. The van der Waals surface area contributed by atoms with E-state index >= 15 is 0 Å². The summed E-state index contributed by atoms with van der Waals surface area (Å²) in [5, 5.41) is 13.4. The van der Waals surface area contributed by atoms with Gasteiger partial charge in [-0.05, 0) is 34.7 Å². The lowest BCUT2D eigenvalue weighted by molar-refractivity contribution is -0.142. The summed E-state index contributed by atoms with van der Waals surface area (Å²) in [5.74, 6) is -0.295. The molecule has 2 aromatic carbocycles. The van der Waals surface area contributed by atoms with E-state index < -0.39 is 11.9 Å². The summed E-state index contributed by atoms with van der Waals surface area (Å²) in [5.41, 5.74) is 4.61. The summed E-state index contributed by atoms with van der Waals surface area (Å²) < 4.78 is 5.57. The van der Waals surface area contributed by atoms with Crippen LogP contribution in [0.5, 0.6) is 5.75 Å². The first-order chi connectivity index (χ1) is 12.2. The highest BCUT2D eigenvalue weighted by Gasteiger charge is 2.42. The van der Waals surface area contributed by atoms with Crippen LogP contribution in [0.25, 0.3) is 0 Å². The number of aryl methyl sites for hydroxylation is 1. The Morgan fingerprint density at radius 2 is 1.96 bits per heavy atom. The highest BCUT2D eigenvalue weighted by atomic mass is 16.5. The third-order valence-electron chi connectivity index (χ3n) is 5.52. The lowest BCUT2D eigenvalue weighted by Crippen LogP contribution is -2.25. The molecule has 0 spiro atoms. The molecule has 1 fully saturated rings. The molecular formula is C21H23NO3. The van der Waals surface area contributed by atoms with E-state index in [2.05, 4.69) is 42.6 Å². The minimum Gasteiger partial charge on any atom is -0.493 e. The van der Waals surface area contributed by atoms with Crippen LogP contribution < -0.4 is 10.1 Å². The third-order valence-corrected chi connectivity index (χ3v) is 5.52. The Morgan fingerprint density at radius 1 is 1.20 bits per heavy atom. The number of aliphatic carboxylic acids is 1. The van der Waals surface area contributed by atoms with Crippen LogP contribution in [0.3, 0.4) is 0 Å². The van der Waals surface area contributed by atoms with Crippen LogP contribution in [0.15, 0.2) is 42.5 Å². The molecule has 4 heteroatoms. The molecule has 4 rings (SSSR count). The van der Waals surface area contributed by atoms with E-state index in [1.807, 2.05) is 12.1 Å². The highest BCUT2D eigenvalue weighted by Crippen LogP contribution is 2.41. The molecule has 1 saturated heterocycles. The van der Waals surface area contributed by atoms with Gasteiger partial charge in [0.2, 0.25) is 0 Å². The van der Waals surface area contributed by atoms with E-state index in [4.69, 9.17) is 4.74 Å². The van der Waals surface area contributed by atoms with Crippen LogP contribution in [0, 0.1) is 5.92 Å². The van der Waals surface area contributed by atoms with E-state index in [0.717, 1.165) is 36.3 Å². The zero-order valence-corrected chi connectivity index (χ0v) is 14.4. The zero-order valence-electron chi connectivity index (χ0n) is 14.4. The van der Waals surface area contributed by atoms with Gasteiger partial charge in [-0.25, -0.2) is 0 Å². The molecule has 3 atom stereocenters. The summed E-state index contributed by atoms with van der Waals surface area (Å²) in [6.45, 7) is 3.52. The van der Waals surface area contributed by atoms with Crippen LogP contribution in [0.4, 0.5) is 0 Å². The average Bonchev–Trinajstić information content (AvgIpc) is 3.27. The second kappa shape index (κ2) is 6.52. The van der Waals surface area contributed by atoms with Gasteiger partial charge in [0.25, 0.3) is 0 Å². The molecule has 0 aromatic heterocycles. The molecule has 130 valence electrons. The van der Waals surface area contributed by atoms with Gasteiger partial charge < -0.3 is 15.2 Å². The fraction of sp³-hybridized carbons (Fsp3) is 0.381. The largest absolute Gasteiger partial charge is 0.493 e. The zero-order chi connectivity index (χ0) is 17.4. The molecule has 0 radical (unpaired) electrons. The molecule has 0 bridgehead atoms. The van der Waals surface area contributed by atoms with Crippen molar-refractivity contribution in [1.29, 1.82) is 0 Å². The Bertz CT molecular complexity index is 784. The summed E-state index contributed by atoms with van der Waals surface area (Å²) in [6, 6.07) is 14.3. The third kappa shape index (κ3) is 2.91. The Balaban J connectivity index is 1.64. The van der Waals surface area contributed by atoms with E-state index in [-0.39, 0.29) is 12.0 Å². The van der Waals surface area contributed by atoms with Gasteiger partial charge in [-0.15, -0.1) is 0 Å². The van der Waals surface area contributed by atoms with Crippen molar-refractivity contribution in [3.05, 3.63) is 64.7 Å². The summed E-state index contributed by atoms with van der Waals surface area (Å²) in [6.07, 6.45) is 1.89. The smallest absolute Gasteiger partial charge is 0.309 e. The van der Waals surface area contributed by atoms with Gasteiger partial charge in [0.15, 0.2) is 0 Å². The van der Waals surface area contributed by atoms with Crippen molar-refractivity contribution < 1.29 is 14.6 Å². The Morgan fingerprint density at radius 3 is 2.68 bits per heavy atom. The van der Waals surface area contributed by atoms with Gasteiger partial charge >= 0.3 is 5.97 Å². The predicted octanol–water partition coefficient (Wildman–Crippen LogP) is 3.31. The van der Waals surface area contributed by atoms with Crippen LogP contribution in [0.1, 0.15) is 41.1 Å². The molecule has 0 aliphatic carbocycles. The Hall–Kier alpha value is -2.33. The minimum absolute atomic E-state index is 0.0285. The number of rotatable bonds is 4. The average molecular weight is 337 g/mol. The molecule has 2 aromatic rings. The van der Waals surface area contributed by atoms with Crippen molar-refractivity contribution in [2.24, 2.45) is 5.92 Å². The topological polar surface area (TPSA) is 58.6 Å². The normalized spacial score (nSPS) is 24.8. The van der Waals surface area contributed by atoms with Crippen LogP contribution >= 0.6 is 0 Å². The first kappa shape index (κ1) is 16.2. The number of carboxylic acid groups (broad SMARTS) is 1. The first-order valence-electron chi connectivity index (χ1n) is 8.98. The maximum Gasteiger partial charge on any atom is 0.309 e. The number of fused-ring (bicyclic) bond motifs is 1. The van der Waals surface area contributed by atoms with Gasteiger partial charge in [0, 0.05) is 24.9 Å². The quantitative estimate of drug-likeness (QED) is 0.899. The lowest BCUT2D eigenvalue weighted by Gasteiger charge is -2.21. The summed E-state index contributed by atoms with van der Waals surface area (Å²) in [4.78, 5) is 12.1. The van der Waals surface area contributed by atoms with Crippen LogP contribution in [-0.2, 0) is 17.6 Å². The van der Waals surface area contributed by atoms with Gasteiger partial charge in [-0.3, -0.25) is 4.79 Å². The second-order valence-electron chi connectivity index (χ2n) is 6.92. The molecule has 25 heavy (non-hydrogen) atoms. The number of carbonyl (C=O) groups is 1. The molecule has 2 aliphatic rings. The maximum atomic E-state index is 12.1. The predicted molar refractivity (Wildman–Crippen MR) is 96.1 cm³/mol.